The van der Waals surface area contributed by atoms with Gasteiger partial charge in [0.1, 0.15) is 18.2 Å². The minimum atomic E-state index is -0.223. The second kappa shape index (κ2) is 8.62. The molecule has 2 saturated heterocycles. The molecule has 3 rings (SSSR count). The van der Waals surface area contributed by atoms with Crippen LogP contribution in [0.3, 0.4) is 0 Å². The van der Waals surface area contributed by atoms with Gasteiger partial charge in [0.15, 0.2) is 0 Å². The summed E-state index contributed by atoms with van der Waals surface area (Å²) in [4.78, 5) is 5.08. The first-order valence-electron chi connectivity index (χ1n) is 8.74. The number of halogens is 1. The van der Waals surface area contributed by atoms with Crippen LogP contribution in [-0.2, 0) is 4.74 Å². The van der Waals surface area contributed by atoms with Gasteiger partial charge in [0.2, 0.25) is 0 Å². The van der Waals surface area contributed by atoms with Gasteiger partial charge in [0.05, 0.1) is 13.2 Å². The standard InChI is InChI=1S/C18H27FN2O2/c19-16-4-6-18(7-5-16)23-14-11-21-8-2-1-3-17(21)15-20-9-12-22-13-10-20/h4-7,17H,1-3,8-15H2/t17-/m1/s1. The maximum Gasteiger partial charge on any atom is 0.123 e. The molecule has 2 fully saturated rings. The van der Waals surface area contributed by atoms with Crippen molar-refractivity contribution in [2.24, 2.45) is 0 Å². The highest BCUT2D eigenvalue weighted by Gasteiger charge is 2.25. The summed E-state index contributed by atoms with van der Waals surface area (Å²) in [5.74, 6) is 0.520. The second-order valence-electron chi connectivity index (χ2n) is 6.40. The number of hydrogen-bond donors (Lipinski definition) is 0. The van der Waals surface area contributed by atoms with Crippen molar-refractivity contribution in [1.29, 1.82) is 0 Å². The molecule has 1 aromatic carbocycles. The van der Waals surface area contributed by atoms with Crippen LogP contribution in [0, 0.1) is 5.82 Å². The molecule has 0 bridgehead atoms. The van der Waals surface area contributed by atoms with E-state index in [2.05, 4.69) is 9.80 Å². The van der Waals surface area contributed by atoms with Crippen molar-refractivity contribution in [3.63, 3.8) is 0 Å². The highest BCUT2D eigenvalue weighted by molar-refractivity contribution is 5.21. The van der Waals surface area contributed by atoms with E-state index < -0.39 is 0 Å². The van der Waals surface area contributed by atoms with Crippen LogP contribution in [0.5, 0.6) is 5.75 Å². The topological polar surface area (TPSA) is 24.9 Å². The molecule has 2 heterocycles. The number of rotatable bonds is 6. The van der Waals surface area contributed by atoms with Gasteiger partial charge in [0.25, 0.3) is 0 Å². The lowest BCUT2D eigenvalue weighted by Crippen LogP contribution is -2.50. The third kappa shape index (κ3) is 5.16. The zero-order valence-corrected chi connectivity index (χ0v) is 13.8. The molecule has 1 atom stereocenters. The van der Waals surface area contributed by atoms with Crippen LogP contribution in [0.25, 0.3) is 0 Å². The molecule has 0 saturated carbocycles. The maximum atomic E-state index is 12.9. The molecule has 1 aromatic rings. The molecule has 0 radical (unpaired) electrons. The van der Waals surface area contributed by atoms with Crippen LogP contribution >= 0.6 is 0 Å². The first-order valence-corrected chi connectivity index (χ1v) is 8.74. The Morgan fingerprint density at radius 1 is 1.09 bits per heavy atom. The van der Waals surface area contributed by atoms with Gasteiger partial charge in [-0.15, -0.1) is 0 Å². The zero-order valence-electron chi connectivity index (χ0n) is 13.8. The molecule has 0 N–H and O–H groups in total. The van der Waals surface area contributed by atoms with Crippen LogP contribution in [0.1, 0.15) is 19.3 Å². The second-order valence-corrected chi connectivity index (χ2v) is 6.40. The zero-order chi connectivity index (χ0) is 15.9. The van der Waals surface area contributed by atoms with Crippen LogP contribution in [-0.4, -0.2) is 68.4 Å². The van der Waals surface area contributed by atoms with Crippen molar-refractivity contribution in [3.05, 3.63) is 30.1 Å². The number of benzene rings is 1. The predicted octanol–water partition coefficient (Wildman–Crippen LogP) is 2.39. The first kappa shape index (κ1) is 16.7. The molecule has 2 aliphatic rings. The third-order valence-corrected chi connectivity index (χ3v) is 4.78. The maximum absolute atomic E-state index is 12.9. The summed E-state index contributed by atoms with van der Waals surface area (Å²) in [6, 6.07) is 6.89. The van der Waals surface area contributed by atoms with Crippen LogP contribution < -0.4 is 4.74 Å². The van der Waals surface area contributed by atoms with Gasteiger partial charge in [-0.3, -0.25) is 9.80 Å². The number of ether oxygens (including phenoxy) is 2. The number of likely N-dealkylation sites (tertiary alicyclic amines) is 1. The minimum Gasteiger partial charge on any atom is -0.492 e. The van der Waals surface area contributed by atoms with Crippen molar-refractivity contribution in [1.82, 2.24) is 9.80 Å². The predicted molar refractivity (Wildman–Crippen MR) is 88.4 cm³/mol. The first-order chi connectivity index (χ1) is 11.3. The quantitative estimate of drug-likeness (QED) is 0.803. The Kier molecular flexibility index (Phi) is 6.25. The van der Waals surface area contributed by atoms with E-state index >= 15 is 0 Å². The van der Waals surface area contributed by atoms with E-state index in [4.69, 9.17) is 9.47 Å². The summed E-state index contributed by atoms with van der Waals surface area (Å²) < 4.78 is 24.1. The molecule has 0 unspecified atom stereocenters. The van der Waals surface area contributed by atoms with Crippen molar-refractivity contribution in [2.45, 2.75) is 25.3 Å². The SMILES string of the molecule is Fc1ccc(OCCN2CCCC[C@@H]2CN2CCOCC2)cc1. The number of morpholine rings is 1. The molecule has 0 aromatic heterocycles. The smallest absolute Gasteiger partial charge is 0.123 e. The summed E-state index contributed by atoms with van der Waals surface area (Å²) in [5.41, 5.74) is 0. The van der Waals surface area contributed by atoms with Crippen molar-refractivity contribution in [3.8, 4) is 5.75 Å². The molecule has 23 heavy (non-hydrogen) atoms. The van der Waals surface area contributed by atoms with Crippen molar-refractivity contribution < 1.29 is 13.9 Å². The summed E-state index contributed by atoms with van der Waals surface area (Å²) in [5, 5.41) is 0. The Labute approximate surface area is 138 Å². The Morgan fingerprint density at radius 3 is 2.65 bits per heavy atom. The van der Waals surface area contributed by atoms with E-state index in [1.807, 2.05) is 0 Å². The van der Waals surface area contributed by atoms with Gasteiger partial charge in [0, 0.05) is 32.2 Å². The van der Waals surface area contributed by atoms with Crippen molar-refractivity contribution >= 4 is 0 Å². The van der Waals surface area contributed by atoms with Gasteiger partial charge in [-0.25, -0.2) is 4.39 Å². The molecule has 5 heteroatoms. The van der Waals surface area contributed by atoms with E-state index in [9.17, 15) is 4.39 Å². The Balaban J connectivity index is 1.45. The average molecular weight is 322 g/mol. The number of hydrogen-bond acceptors (Lipinski definition) is 4. The summed E-state index contributed by atoms with van der Waals surface area (Å²) >= 11 is 0. The Hall–Kier alpha value is -1.17. The molecule has 128 valence electrons. The van der Waals surface area contributed by atoms with E-state index in [-0.39, 0.29) is 5.82 Å². The lowest BCUT2D eigenvalue weighted by molar-refractivity contribution is 0.0148. The molecule has 0 aliphatic carbocycles. The fourth-order valence-electron chi connectivity index (χ4n) is 3.45. The van der Waals surface area contributed by atoms with Crippen LogP contribution in [0.2, 0.25) is 0 Å². The fourth-order valence-corrected chi connectivity index (χ4v) is 3.45. The highest BCUT2D eigenvalue weighted by Crippen LogP contribution is 2.19. The lowest BCUT2D eigenvalue weighted by atomic mass is 10.0. The largest absolute Gasteiger partial charge is 0.492 e. The summed E-state index contributed by atoms with van der Waals surface area (Å²) in [6.45, 7) is 7.72. The van der Waals surface area contributed by atoms with Crippen LogP contribution in [0.4, 0.5) is 4.39 Å². The summed E-state index contributed by atoms with van der Waals surface area (Å²) in [7, 11) is 0. The molecule has 2 aliphatic heterocycles. The monoisotopic (exact) mass is 322 g/mol. The average Bonchev–Trinajstić information content (AvgIpc) is 2.59. The third-order valence-electron chi connectivity index (χ3n) is 4.78. The molecule has 0 amide bonds. The number of nitrogens with zero attached hydrogens (tertiary/aromatic N) is 2. The molecular weight excluding hydrogens is 295 g/mol. The summed E-state index contributed by atoms with van der Waals surface area (Å²) in [6.07, 6.45) is 3.87. The minimum absolute atomic E-state index is 0.223. The van der Waals surface area contributed by atoms with Gasteiger partial charge < -0.3 is 9.47 Å². The van der Waals surface area contributed by atoms with Gasteiger partial charge in [-0.05, 0) is 43.7 Å². The van der Waals surface area contributed by atoms with Gasteiger partial charge >= 0.3 is 0 Å². The molecule has 0 spiro atoms. The van der Waals surface area contributed by atoms with Crippen LogP contribution in [0.15, 0.2) is 24.3 Å². The van der Waals surface area contributed by atoms with E-state index in [0.717, 1.165) is 51.7 Å². The lowest BCUT2D eigenvalue weighted by Gasteiger charge is -2.39. The van der Waals surface area contributed by atoms with Gasteiger partial charge in [-0.2, -0.15) is 0 Å². The van der Waals surface area contributed by atoms with Crippen molar-refractivity contribution in [2.75, 3.05) is 52.5 Å². The Bertz CT molecular complexity index is 463. The highest BCUT2D eigenvalue weighted by atomic mass is 19.1. The van der Waals surface area contributed by atoms with E-state index in [0.29, 0.717) is 12.6 Å². The van der Waals surface area contributed by atoms with E-state index in [1.165, 1.54) is 31.4 Å². The van der Waals surface area contributed by atoms with E-state index in [1.54, 1.807) is 12.1 Å². The Morgan fingerprint density at radius 2 is 1.87 bits per heavy atom. The molecular formula is C18H27FN2O2. The molecule has 4 nitrogen and oxygen atoms in total. The number of piperidine rings is 1. The fraction of sp³-hybridized carbons (Fsp3) is 0.667. The van der Waals surface area contributed by atoms with Gasteiger partial charge in [-0.1, -0.05) is 6.42 Å². The normalized spacial score (nSPS) is 23.8.